The monoisotopic (exact) mass is 229 g/mol. The molecule has 0 aliphatic carbocycles. The van der Waals surface area contributed by atoms with E-state index in [1.807, 2.05) is 0 Å². The molecular weight excluding hydrogens is 218 g/mol. The summed E-state index contributed by atoms with van der Waals surface area (Å²) in [6, 6.07) is 6.54. The lowest BCUT2D eigenvalue weighted by Gasteiger charge is -2.13. The lowest BCUT2D eigenvalue weighted by Crippen LogP contribution is -2.24. The Bertz CT molecular complexity index is 337. The molecule has 0 spiro atoms. The fraction of sp³-hybridized carbons (Fsp3) is 0.300. The van der Waals surface area contributed by atoms with Crippen LogP contribution in [-0.4, -0.2) is 28.3 Å². The van der Waals surface area contributed by atoms with Gasteiger partial charge in [-0.1, -0.05) is 23.7 Å². The molecule has 0 bridgehead atoms. The number of rotatable bonds is 3. The maximum Gasteiger partial charge on any atom is 0.248 e. The Morgan fingerprint density at radius 2 is 2.00 bits per heavy atom. The highest BCUT2D eigenvalue weighted by molar-refractivity contribution is 6.30. The second kappa shape index (κ2) is 5.11. The lowest BCUT2D eigenvalue weighted by molar-refractivity contribution is -0.161. The molecular formula is C10H12ClNO3. The average Bonchev–Trinajstić information content (AvgIpc) is 2.18. The van der Waals surface area contributed by atoms with Crippen molar-refractivity contribution < 1.29 is 15.1 Å². The zero-order valence-corrected chi connectivity index (χ0v) is 8.98. The molecule has 15 heavy (non-hydrogen) atoms. The van der Waals surface area contributed by atoms with Crippen LogP contribution in [0.1, 0.15) is 18.1 Å². The van der Waals surface area contributed by atoms with Crippen molar-refractivity contribution in [1.82, 2.24) is 5.06 Å². The van der Waals surface area contributed by atoms with Crippen molar-refractivity contribution >= 4 is 17.5 Å². The summed E-state index contributed by atoms with van der Waals surface area (Å²) in [5, 5.41) is 19.5. The first kappa shape index (κ1) is 12.0. The standard InChI is InChI=1S/C10H12ClNO3/c1-12(15)10(14)6-9(13)7-2-4-8(11)5-3-7/h2-5,9,13,15H,6H2,1H3. The van der Waals surface area contributed by atoms with Crippen LogP contribution in [0, 0.1) is 0 Å². The van der Waals surface area contributed by atoms with Crippen molar-refractivity contribution in [2.24, 2.45) is 0 Å². The highest BCUT2D eigenvalue weighted by Crippen LogP contribution is 2.19. The van der Waals surface area contributed by atoms with E-state index in [1.165, 1.54) is 7.05 Å². The largest absolute Gasteiger partial charge is 0.388 e. The summed E-state index contributed by atoms with van der Waals surface area (Å²) in [5.74, 6) is -0.544. The van der Waals surface area contributed by atoms with Crippen LogP contribution in [0.2, 0.25) is 5.02 Å². The smallest absolute Gasteiger partial charge is 0.248 e. The molecule has 1 amide bonds. The van der Waals surface area contributed by atoms with Gasteiger partial charge in [0.1, 0.15) is 0 Å². The molecule has 1 unspecified atom stereocenters. The number of benzene rings is 1. The van der Waals surface area contributed by atoms with Gasteiger partial charge in [0.05, 0.1) is 12.5 Å². The normalized spacial score (nSPS) is 12.3. The highest BCUT2D eigenvalue weighted by Gasteiger charge is 2.14. The topological polar surface area (TPSA) is 60.8 Å². The van der Waals surface area contributed by atoms with E-state index in [0.29, 0.717) is 15.6 Å². The van der Waals surface area contributed by atoms with Gasteiger partial charge in [-0.25, -0.2) is 5.06 Å². The Hall–Kier alpha value is -1.10. The minimum atomic E-state index is -0.927. The summed E-state index contributed by atoms with van der Waals surface area (Å²) >= 11 is 5.68. The van der Waals surface area contributed by atoms with E-state index in [-0.39, 0.29) is 6.42 Å². The minimum Gasteiger partial charge on any atom is -0.388 e. The van der Waals surface area contributed by atoms with Gasteiger partial charge in [0.2, 0.25) is 5.91 Å². The molecule has 0 aromatic heterocycles. The number of aliphatic hydroxyl groups is 1. The van der Waals surface area contributed by atoms with Crippen molar-refractivity contribution in [2.75, 3.05) is 7.05 Å². The third kappa shape index (κ3) is 3.51. The fourth-order valence-electron chi connectivity index (χ4n) is 1.10. The number of amides is 1. The van der Waals surface area contributed by atoms with Crippen LogP contribution in [-0.2, 0) is 4.79 Å². The van der Waals surface area contributed by atoms with Gasteiger partial charge in [-0.2, -0.15) is 0 Å². The van der Waals surface area contributed by atoms with E-state index < -0.39 is 12.0 Å². The van der Waals surface area contributed by atoms with Gasteiger partial charge in [-0.15, -0.1) is 0 Å². The summed E-state index contributed by atoms with van der Waals surface area (Å²) in [6.45, 7) is 0. The summed E-state index contributed by atoms with van der Waals surface area (Å²) < 4.78 is 0. The van der Waals surface area contributed by atoms with Crippen LogP contribution in [0.25, 0.3) is 0 Å². The molecule has 82 valence electrons. The number of hydrogen-bond donors (Lipinski definition) is 2. The van der Waals surface area contributed by atoms with Gasteiger partial charge in [-0.3, -0.25) is 10.0 Å². The Morgan fingerprint density at radius 3 is 2.47 bits per heavy atom. The van der Waals surface area contributed by atoms with Gasteiger partial charge in [0, 0.05) is 12.1 Å². The predicted molar refractivity (Wildman–Crippen MR) is 55.6 cm³/mol. The van der Waals surface area contributed by atoms with Crippen molar-refractivity contribution in [2.45, 2.75) is 12.5 Å². The van der Waals surface area contributed by atoms with Crippen LogP contribution >= 0.6 is 11.6 Å². The third-order valence-corrected chi connectivity index (χ3v) is 2.24. The zero-order chi connectivity index (χ0) is 11.4. The molecule has 0 aliphatic heterocycles. The summed E-state index contributed by atoms with van der Waals surface area (Å²) in [4.78, 5) is 11.1. The average molecular weight is 230 g/mol. The SMILES string of the molecule is CN(O)C(=O)CC(O)c1ccc(Cl)cc1. The van der Waals surface area contributed by atoms with Crippen LogP contribution in [0.3, 0.4) is 0 Å². The molecule has 0 aliphatic rings. The van der Waals surface area contributed by atoms with Crippen molar-refractivity contribution in [3.8, 4) is 0 Å². The predicted octanol–water partition coefficient (Wildman–Crippen LogP) is 1.61. The Labute approximate surface area is 92.7 Å². The second-order valence-corrected chi connectivity index (χ2v) is 3.63. The molecule has 0 heterocycles. The molecule has 0 saturated carbocycles. The van der Waals surface area contributed by atoms with Gasteiger partial charge >= 0.3 is 0 Å². The minimum absolute atomic E-state index is 0.158. The van der Waals surface area contributed by atoms with Crippen LogP contribution in [0.15, 0.2) is 24.3 Å². The van der Waals surface area contributed by atoms with E-state index in [4.69, 9.17) is 16.8 Å². The Balaban J connectivity index is 2.65. The maximum absolute atomic E-state index is 11.1. The quantitative estimate of drug-likeness (QED) is 0.612. The number of carbonyl (C=O) groups excluding carboxylic acids is 1. The Kier molecular flexibility index (Phi) is 4.08. The van der Waals surface area contributed by atoms with E-state index >= 15 is 0 Å². The number of halogens is 1. The molecule has 0 radical (unpaired) electrons. The van der Waals surface area contributed by atoms with Crippen molar-refractivity contribution in [1.29, 1.82) is 0 Å². The third-order valence-electron chi connectivity index (χ3n) is 1.98. The summed E-state index contributed by atoms with van der Waals surface area (Å²) in [6.07, 6.45) is -1.08. The zero-order valence-electron chi connectivity index (χ0n) is 8.22. The molecule has 0 fully saturated rings. The van der Waals surface area contributed by atoms with E-state index in [9.17, 15) is 9.90 Å². The molecule has 0 saturated heterocycles. The summed E-state index contributed by atoms with van der Waals surface area (Å²) in [5.41, 5.74) is 0.592. The van der Waals surface area contributed by atoms with Gasteiger partial charge in [0.25, 0.3) is 0 Å². The maximum atomic E-state index is 11.1. The number of hydrogen-bond acceptors (Lipinski definition) is 3. The molecule has 1 rings (SSSR count). The second-order valence-electron chi connectivity index (χ2n) is 3.19. The Morgan fingerprint density at radius 1 is 1.47 bits per heavy atom. The van der Waals surface area contributed by atoms with Crippen molar-refractivity contribution in [3.63, 3.8) is 0 Å². The van der Waals surface area contributed by atoms with E-state index in [1.54, 1.807) is 24.3 Å². The number of carbonyl (C=O) groups is 1. The molecule has 1 aromatic rings. The highest BCUT2D eigenvalue weighted by atomic mass is 35.5. The van der Waals surface area contributed by atoms with E-state index in [2.05, 4.69) is 0 Å². The number of hydroxylamine groups is 2. The van der Waals surface area contributed by atoms with Gasteiger partial charge in [0.15, 0.2) is 0 Å². The molecule has 5 heteroatoms. The van der Waals surface area contributed by atoms with Crippen LogP contribution in [0.5, 0.6) is 0 Å². The van der Waals surface area contributed by atoms with Gasteiger partial charge < -0.3 is 5.11 Å². The van der Waals surface area contributed by atoms with Crippen LogP contribution in [0.4, 0.5) is 0 Å². The number of nitrogens with zero attached hydrogens (tertiary/aromatic N) is 1. The summed E-state index contributed by atoms with van der Waals surface area (Å²) in [7, 11) is 1.22. The molecule has 4 nitrogen and oxygen atoms in total. The fourth-order valence-corrected chi connectivity index (χ4v) is 1.23. The first-order valence-corrected chi connectivity index (χ1v) is 4.77. The van der Waals surface area contributed by atoms with Gasteiger partial charge in [-0.05, 0) is 17.7 Å². The molecule has 2 N–H and O–H groups in total. The molecule has 1 atom stereocenters. The first-order valence-electron chi connectivity index (χ1n) is 4.39. The van der Waals surface area contributed by atoms with Crippen molar-refractivity contribution in [3.05, 3.63) is 34.9 Å². The first-order chi connectivity index (χ1) is 7.00. The van der Waals surface area contributed by atoms with Crippen LogP contribution < -0.4 is 0 Å². The lowest BCUT2D eigenvalue weighted by atomic mass is 10.1. The molecule has 1 aromatic carbocycles. The number of aliphatic hydroxyl groups excluding tert-OH is 1. The van der Waals surface area contributed by atoms with E-state index in [0.717, 1.165) is 0 Å².